The van der Waals surface area contributed by atoms with Crippen LogP contribution < -0.4 is 4.74 Å². The van der Waals surface area contributed by atoms with Crippen LogP contribution >= 0.6 is 0 Å². The summed E-state index contributed by atoms with van der Waals surface area (Å²) in [5.74, 6) is 0.373. The summed E-state index contributed by atoms with van der Waals surface area (Å²) in [7, 11) is 3.21. The number of hydrogen-bond donors (Lipinski definition) is 0. The monoisotopic (exact) mass is 170 g/mol. The molecule has 0 radical (unpaired) electrons. The SMILES string of the molecule is CC.COc1nn(C)cc1C=O. The molecule has 0 fully saturated rings. The third kappa shape index (κ3) is 2.38. The average molecular weight is 170 g/mol. The van der Waals surface area contributed by atoms with Crippen LogP contribution in [0.2, 0.25) is 0 Å². The third-order valence-electron chi connectivity index (χ3n) is 1.14. The Labute approximate surface area is 72.1 Å². The maximum atomic E-state index is 10.3. The Hall–Kier alpha value is -1.32. The number of rotatable bonds is 2. The fourth-order valence-electron chi connectivity index (χ4n) is 0.726. The number of methoxy groups -OCH3 is 1. The first-order valence-electron chi connectivity index (χ1n) is 3.80. The van der Waals surface area contributed by atoms with Crippen LogP contribution in [0.15, 0.2) is 6.20 Å². The summed E-state index contributed by atoms with van der Waals surface area (Å²) in [5.41, 5.74) is 0.477. The van der Waals surface area contributed by atoms with Gasteiger partial charge in [0.05, 0.1) is 12.7 Å². The van der Waals surface area contributed by atoms with Crippen LogP contribution in [0, 0.1) is 0 Å². The van der Waals surface area contributed by atoms with Crippen molar-refractivity contribution in [2.24, 2.45) is 7.05 Å². The second kappa shape index (κ2) is 5.35. The second-order valence-corrected chi connectivity index (χ2v) is 1.89. The van der Waals surface area contributed by atoms with Gasteiger partial charge in [-0.05, 0) is 0 Å². The maximum Gasteiger partial charge on any atom is 0.243 e. The van der Waals surface area contributed by atoms with Gasteiger partial charge in [0.1, 0.15) is 0 Å². The number of carbonyl (C=O) groups is 1. The van der Waals surface area contributed by atoms with Gasteiger partial charge in [-0.25, -0.2) is 0 Å². The molecule has 0 unspecified atom stereocenters. The Morgan fingerprint density at radius 1 is 1.58 bits per heavy atom. The lowest BCUT2D eigenvalue weighted by Crippen LogP contribution is -1.89. The highest BCUT2D eigenvalue weighted by Gasteiger charge is 2.04. The summed E-state index contributed by atoms with van der Waals surface area (Å²) in [6.45, 7) is 4.00. The lowest BCUT2D eigenvalue weighted by atomic mass is 10.4. The minimum Gasteiger partial charge on any atom is -0.479 e. The third-order valence-corrected chi connectivity index (χ3v) is 1.14. The first-order valence-corrected chi connectivity index (χ1v) is 3.80. The van der Waals surface area contributed by atoms with Crippen molar-refractivity contribution < 1.29 is 9.53 Å². The molecule has 4 nitrogen and oxygen atoms in total. The molecule has 0 aliphatic heterocycles. The quantitative estimate of drug-likeness (QED) is 0.628. The molecule has 1 rings (SSSR count). The molecule has 1 heterocycles. The fraction of sp³-hybridized carbons (Fsp3) is 0.500. The zero-order chi connectivity index (χ0) is 9.56. The van der Waals surface area contributed by atoms with Gasteiger partial charge in [0, 0.05) is 13.2 Å². The Morgan fingerprint density at radius 3 is 2.50 bits per heavy atom. The molecular weight excluding hydrogens is 156 g/mol. The summed E-state index contributed by atoms with van der Waals surface area (Å²) >= 11 is 0. The van der Waals surface area contributed by atoms with E-state index in [4.69, 9.17) is 4.74 Å². The molecule has 0 saturated carbocycles. The van der Waals surface area contributed by atoms with Gasteiger partial charge in [0.25, 0.3) is 0 Å². The first-order chi connectivity index (χ1) is 5.77. The summed E-state index contributed by atoms with van der Waals surface area (Å²) < 4.78 is 6.32. The summed E-state index contributed by atoms with van der Waals surface area (Å²) in [6.07, 6.45) is 2.32. The minimum absolute atomic E-state index is 0.373. The molecular formula is C8H14N2O2. The molecule has 4 heteroatoms. The van der Waals surface area contributed by atoms with E-state index in [2.05, 4.69) is 5.10 Å². The molecule has 0 saturated heterocycles. The van der Waals surface area contributed by atoms with Gasteiger partial charge in [-0.1, -0.05) is 13.8 Å². The minimum atomic E-state index is 0.373. The lowest BCUT2D eigenvalue weighted by molar-refractivity contribution is 0.112. The molecule has 0 bridgehead atoms. The van der Waals surface area contributed by atoms with Crippen molar-refractivity contribution in [3.8, 4) is 5.88 Å². The second-order valence-electron chi connectivity index (χ2n) is 1.89. The van der Waals surface area contributed by atoms with Gasteiger partial charge in [0.15, 0.2) is 6.29 Å². The smallest absolute Gasteiger partial charge is 0.243 e. The van der Waals surface area contributed by atoms with Gasteiger partial charge in [-0.15, -0.1) is 5.10 Å². The van der Waals surface area contributed by atoms with Crippen molar-refractivity contribution in [1.82, 2.24) is 9.78 Å². The van der Waals surface area contributed by atoms with Crippen LogP contribution in [0.25, 0.3) is 0 Å². The van der Waals surface area contributed by atoms with Gasteiger partial charge in [0.2, 0.25) is 5.88 Å². The van der Waals surface area contributed by atoms with Crippen LogP contribution in [0.1, 0.15) is 24.2 Å². The fourth-order valence-corrected chi connectivity index (χ4v) is 0.726. The van der Waals surface area contributed by atoms with Crippen molar-refractivity contribution in [3.63, 3.8) is 0 Å². The predicted molar refractivity (Wildman–Crippen MR) is 46.5 cm³/mol. The van der Waals surface area contributed by atoms with E-state index in [1.807, 2.05) is 13.8 Å². The molecule has 0 atom stereocenters. The van der Waals surface area contributed by atoms with Crippen molar-refractivity contribution in [2.75, 3.05) is 7.11 Å². The van der Waals surface area contributed by atoms with Gasteiger partial charge >= 0.3 is 0 Å². The van der Waals surface area contributed by atoms with Crippen LogP contribution in [0.4, 0.5) is 0 Å². The van der Waals surface area contributed by atoms with E-state index in [1.54, 1.807) is 13.2 Å². The van der Waals surface area contributed by atoms with Gasteiger partial charge in [-0.2, -0.15) is 0 Å². The number of aromatic nitrogens is 2. The highest BCUT2D eigenvalue weighted by atomic mass is 16.5. The number of ether oxygens (including phenoxy) is 1. The average Bonchev–Trinajstić information content (AvgIpc) is 2.49. The summed E-state index contributed by atoms with van der Waals surface area (Å²) in [6, 6.07) is 0. The van der Waals surface area contributed by atoms with Crippen molar-refractivity contribution in [1.29, 1.82) is 0 Å². The van der Waals surface area contributed by atoms with Crippen molar-refractivity contribution in [2.45, 2.75) is 13.8 Å². The molecule has 0 aromatic carbocycles. The van der Waals surface area contributed by atoms with E-state index in [0.29, 0.717) is 17.7 Å². The van der Waals surface area contributed by atoms with Crippen molar-refractivity contribution in [3.05, 3.63) is 11.8 Å². The van der Waals surface area contributed by atoms with Crippen LogP contribution in [0.5, 0.6) is 5.88 Å². The summed E-state index contributed by atoms with van der Waals surface area (Å²) in [5, 5.41) is 3.86. The Morgan fingerprint density at radius 2 is 2.17 bits per heavy atom. The van der Waals surface area contributed by atoms with Gasteiger partial charge < -0.3 is 4.74 Å². The van der Waals surface area contributed by atoms with Crippen LogP contribution in [-0.4, -0.2) is 23.2 Å². The van der Waals surface area contributed by atoms with E-state index in [-0.39, 0.29) is 0 Å². The molecule has 68 valence electrons. The largest absolute Gasteiger partial charge is 0.479 e. The molecule has 0 amide bonds. The number of aryl methyl sites for hydroxylation is 1. The summed E-state index contributed by atoms with van der Waals surface area (Å²) in [4.78, 5) is 10.3. The highest BCUT2D eigenvalue weighted by molar-refractivity contribution is 5.77. The number of hydrogen-bond acceptors (Lipinski definition) is 3. The van der Waals surface area contributed by atoms with E-state index in [1.165, 1.54) is 11.8 Å². The Bertz CT molecular complexity index is 243. The molecule has 0 N–H and O–H groups in total. The molecule has 0 aliphatic rings. The normalized spacial score (nSPS) is 8.33. The van der Waals surface area contributed by atoms with Crippen LogP contribution in [0.3, 0.4) is 0 Å². The van der Waals surface area contributed by atoms with E-state index in [9.17, 15) is 4.79 Å². The molecule has 1 aromatic heterocycles. The zero-order valence-electron chi connectivity index (χ0n) is 7.87. The molecule has 0 aliphatic carbocycles. The van der Waals surface area contributed by atoms with E-state index < -0.39 is 0 Å². The molecule has 0 spiro atoms. The van der Waals surface area contributed by atoms with E-state index in [0.717, 1.165) is 0 Å². The topological polar surface area (TPSA) is 44.1 Å². The van der Waals surface area contributed by atoms with Gasteiger partial charge in [-0.3, -0.25) is 9.48 Å². The standard InChI is InChI=1S/C6H8N2O2.C2H6/c1-8-3-5(4-9)6(7-8)10-2;1-2/h3-4H,1-2H3;1-2H3. The highest BCUT2D eigenvalue weighted by Crippen LogP contribution is 2.10. The lowest BCUT2D eigenvalue weighted by Gasteiger charge is -1.90. The predicted octanol–water partition coefficient (Wildman–Crippen LogP) is 1.27. The number of carbonyl (C=O) groups excluding carboxylic acids is 1. The Kier molecular flexibility index (Phi) is 4.76. The Balaban J connectivity index is 0.000000561. The zero-order valence-corrected chi connectivity index (χ0v) is 7.87. The number of aldehydes is 1. The first kappa shape index (κ1) is 10.7. The number of nitrogens with zero attached hydrogens (tertiary/aromatic N) is 2. The maximum absolute atomic E-state index is 10.3. The van der Waals surface area contributed by atoms with E-state index >= 15 is 0 Å². The molecule has 12 heavy (non-hydrogen) atoms. The van der Waals surface area contributed by atoms with Crippen LogP contribution in [-0.2, 0) is 7.05 Å². The van der Waals surface area contributed by atoms with Crippen molar-refractivity contribution >= 4 is 6.29 Å². The molecule has 1 aromatic rings.